The number of amides is 4. The van der Waals surface area contributed by atoms with Gasteiger partial charge in [0.05, 0.1) is 76.7 Å². The average Bonchev–Trinajstić information content (AvgIpc) is 1.58. The number of nitrogens with one attached hydrogen (secondary N) is 3. The van der Waals surface area contributed by atoms with E-state index < -0.39 is 88.7 Å². The van der Waals surface area contributed by atoms with E-state index in [1.54, 1.807) is 36.1 Å². The fraction of sp³-hybridized carbons (Fsp3) is 0.569. The molecular formula is C72H92F2N4O15. The smallest absolute Gasteiger partial charge is 0.227 e. The number of ether oxygens (including phenoxy) is 7. The molecule has 504 valence electrons. The van der Waals surface area contributed by atoms with Crippen molar-refractivity contribution in [1.29, 1.82) is 0 Å². The number of aliphatic hydroxyl groups excluding tert-OH is 1. The Kier molecular flexibility index (Phi) is 25.0. The van der Waals surface area contributed by atoms with Crippen LogP contribution in [-0.2, 0) is 68.5 Å². The molecule has 19 nitrogen and oxygen atoms in total. The predicted octanol–water partition coefficient (Wildman–Crippen LogP) is 8.84. The van der Waals surface area contributed by atoms with E-state index in [1.807, 2.05) is 76.2 Å². The van der Waals surface area contributed by atoms with Gasteiger partial charge in [-0.1, -0.05) is 96.2 Å². The Morgan fingerprint density at radius 3 is 2.12 bits per heavy atom. The van der Waals surface area contributed by atoms with Crippen LogP contribution in [0, 0.1) is 46.3 Å². The first-order valence-electron chi connectivity index (χ1n) is 32.7. The standard InChI is InChI=1S/C42H54F2N2O9.C30H38N2O6/c1-8-9-36-54-35-19-28-29-18-31(43)30-17-26(48)14-15-39(30,6)41(29,44)33(50)20-40(28,7)42(35,55-36)34(51)21-53-27-12-10-25(11-13-27)46-38(52)23(4)16-32(49)37(22(2)3)45-24(5)47;1-2-16-35-18-20-37-22-23-38-21-19-36-17-15-31-29(33)13-14-30(34)32-24-27-9-4-3-7-25(27)11-12-26-8-5-6-10-28(26)32/h10-15,17,22-23,28-29,31,33,35-37,50H,8-9,16,18-21H2,1-7H3,(H,45,47)(H,46,52);3-10H,2,13-24H2,1H3,(H,31,33)/t23-,28+,29+,31+,33+,35-,36-,37+,39+,40+,41+,42-;/m1./s1. The van der Waals surface area contributed by atoms with Crippen LogP contribution in [0.1, 0.15) is 130 Å². The SMILES string of the molecule is CCCOCCOCCOCCOCCNC(=O)CCC(=O)N1Cc2ccccc2C#Cc2ccccc21.CCC[C@@H]1O[C@@H]2C[C@H]3[C@@H]4C[C@H](F)C5=CC(=O)C=C[C@]5(C)[C@@]4(F)[C@@H](O)C[C@]3(C)[C@]2(C(=O)COc2ccc(NC(=O)[C@H](C)CC(=O)[C@@H](NC(C)=O)C(C)C)cc2)O1. The van der Waals surface area contributed by atoms with Crippen molar-refractivity contribution < 1.29 is 80.6 Å². The van der Waals surface area contributed by atoms with Crippen molar-refractivity contribution in [1.82, 2.24) is 10.6 Å². The van der Waals surface area contributed by atoms with Gasteiger partial charge in [0.25, 0.3) is 0 Å². The van der Waals surface area contributed by atoms with Gasteiger partial charge in [-0.2, -0.15) is 0 Å². The summed E-state index contributed by atoms with van der Waals surface area (Å²) in [5.41, 5.74) is -2.68. The molecule has 4 amide bonds. The minimum absolute atomic E-state index is 0.0305. The Bertz CT molecular complexity index is 3280. The molecule has 21 heteroatoms. The summed E-state index contributed by atoms with van der Waals surface area (Å²) in [5, 5.41) is 20.1. The van der Waals surface area contributed by atoms with E-state index in [0.717, 1.165) is 41.5 Å². The summed E-state index contributed by atoms with van der Waals surface area (Å²) in [6.07, 6.45) is 1.29. The fourth-order valence-corrected chi connectivity index (χ4v) is 14.2. The molecule has 1 saturated heterocycles. The number of benzene rings is 3. The predicted molar refractivity (Wildman–Crippen MR) is 344 cm³/mol. The lowest BCUT2D eigenvalue weighted by atomic mass is 9.44. The highest BCUT2D eigenvalue weighted by molar-refractivity contribution is 6.02. The monoisotopic (exact) mass is 1290 g/mol. The van der Waals surface area contributed by atoms with Crippen LogP contribution in [0.3, 0.4) is 0 Å². The largest absolute Gasteiger partial charge is 0.486 e. The highest BCUT2D eigenvalue weighted by Crippen LogP contribution is 2.72. The molecule has 4 fully saturated rings. The molecule has 9 rings (SSSR count). The maximum atomic E-state index is 17.8. The number of rotatable bonds is 30. The summed E-state index contributed by atoms with van der Waals surface area (Å²) in [5.74, 6) is 2.23. The van der Waals surface area contributed by atoms with Gasteiger partial charge in [0.2, 0.25) is 29.4 Å². The maximum Gasteiger partial charge on any atom is 0.227 e. The number of para-hydroxylation sites is 1. The molecular weight excluding hydrogens is 1200 g/mol. The van der Waals surface area contributed by atoms with Gasteiger partial charge in [0.1, 0.15) is 18.5 Å². The summed E-state index contributed by atoms with van der Waals surface area (Å²) in [7, 11) is 0. The first-order chi connectivity index (χ1) is 44.5. The molecule has 2 aliphatic heterocycles. The molecule has 6 aliphatic rings. The minimum Gasteiger partial charge on any atom is -0.486 e. The third-order valence-corrected chi connectivity index (χ3v) is 19.0. The number of hydrogen-bond acceptors (Lipinski definition) is 15. The van der Waals surface area contributed by atoms with Crippen LogP contribution in [0.5, 0.6) is 5.75 Å². The number of Topliss-reactive ketones (excluding diaryl/α,β-unsaturated/α-hetero) is 2. The number of ketones is 3. The minimum atomic E-state index is -2.31. The van der Waals surface area contributed by atoms with Gasteiger partial charge in [0.15, 0.2) is 29.1 Å². The molecule has 0 radical (unpaired) electrons. The van der Waals surface area contributed by atoms with Gasteiger partial charge in [-0.25, -0.2) is 8.78 Å². The molecule has 3 saturated carbocycles. The second-order valence-corrected chi connectivity index (χ2v) is 25.7. The summed E-state index contributed by atoms with van der Waals surface area (Å²) in [4.78, 5) is 91.3. The van der Waals surface area contributed by atoms with Crippen LogP contribution in [-0.4, -0.2) is 154 Å². The average molecular weight is 1290 g/mol. The molecule has 3 aromatic carbocycles. The first kappa shape index (κ1) is 71.8. The topological polar surface area (TPSA) is 244 Å². The molecule has 3 aromatic rings. The van der Waals surface area contributed by atoms with Crippen LogP contribution in [0.15, 0.2) is 96.6 Å². The van der Waals surface area contributed by atoms with E-state index in [9.17, 15) is 38.7 Å². The molecule has 2 heterocycles. The molecule has 0 spiro atoms. The van der Waals surface area contributed by atoms with Gasteiger partial charge < -0.3 is 59.1 Å². The summed E-state index contributed by atoms with van der Waals surface area (Å²) < 4.78 is 74.4. The number of aliphatic hydroxyl groups is 1. The van der Waals surface area contributed by atoms with Gasteiger partial charge in [-0.3, -0.25) is 33.6 Å². The summed E-state index contributed by atoms with van der Waals surface area (Å²) in [6.45, 7) is 18.6. The quantitative estimate of drug-likeness (QED) is 0.0360. The highest BCUT2D eigenvalue weighted by Gasteiger charge is 2.80. The number of allylic oxidation sites excluding steroid dienone is 4. The van der Waals surface area contributed by atoms with Crippen LogP contribution in [0.2, 0.25) is 0 Å². The van der Waals surface area contributed by atoms with Crippen molar-refractivity contribution in [2.75, 3.05) is 76.2 Å². The third kappa shape index (κ3) is 16.4. The van der Waals surface area contributed by atoms with E-state index in [-0.39, 0.29) is 79.4 Å². The lowest BCUT2D eigenvalue weighted by molar-refractivity contribution is -0.234. The zero-order chi connectivity index (χ0) is 67.1. The Balaban J connectivity index is 0.000000256. The molecule has 12 atom stereocenters. The van der Waals surface area contributed by atoms with Gasteiger partial charge >= 0.3 is 0 Å². The fourth-order valence-electron chi connectivity index (χ4n) is 14.2. The Morgan fingerprint density at radius 2 is 1.45 bits per heavy atom. The van der Waals surface area contributed by atoms with E-state index in [4.69, 9.17) is 33.2 Å². The first-order valence-corrected chi connectivity index (χ1v) is 32.7. The normalized spacial score (nSPS) is 26.9. The third-order valence-electron chi connectivity index (χ3n) is 19.0. The second-order valence-electron chi connectivity index (χ2n) is 25.7. The van der Waals surface area contributed by atoms with E-state index in [1.165, 1.54) is 26.0 Å². The molecule has 93 heavy (non-hydrogen) atoms. The molecule has 4 aliphatic carbocycles. The number of carbonyl (C=O) groups excluding carboxylic acids is 7. The van der Waals surface area contributed by atoms with E-state index >= 15 is 8.78 Å². The zero-order valence-corrected chi connectivity index (χ0v) is 54.9. The highest BCUT2D eigenvalue weighted by atomic mass is 19.1. The lowest BCUT2D eigenvalue weighted by Crippen LogP contribution is -2.71. The Morgan fingerprint density at radius 1 is 0.806 bits per heavy atom. The van der Waals surface area contributed by atoms with Crippen LogP contribution >= 0.6 is 0 Å². The second kappa shape index (κ2) is 32.4. The Labute approximate surface area is 544 Å². The summed E-state index contributed by atoms with van der Waals surface area (Å²) in [6, 6.07) is 21.1. The number of fused-ring (bicyclic) bond motifs is 9. The van der Waals surface area contributed by atoms with Crippen molar-refractivity contribution in [3.8, 4) is 17.6 Å². The molecule has 0 unspecified atom stereocenters. The molecule has 0 bridgehead atoms. The van der Waals surface area contributed by atoms with E-state index in [0.29, 0.717) is 83.6 Å². The summed E-state index contributed by atoms with van der Waals surface area (Å²) >= 11 is 0. The van der Waals surface area contributed by atoms with Crippen molar-refractivity contribution in [3.63, 3.8) is 0 Å². The van der Waals surface area contributed by atoms with Crippen LogP contribution < -0.4 is 25.6 Å². The number of nitrogens with zero attached hydrogens (tertiary/aromatic N) is 1. The number of carbonyl (C=O) groups is 7. The van der Waals surface area contributed by atoms with Gasteiger partial charge in [-0.05, 0) is 117 Å². The van der Waals surface area contributed by atoms with Crippen LogP contribution in [0.4, 0.5) is 20.2 Å². The lowest BCUT2D eigenvalue weighted by Gasteiger charge is -2.63. The molecule has 4 N–H and O–H groups in total. The zero-order valence-electron chi connectivity index (χ0n) is 54.9. The number of halogens is 2. The van der Waals surface area contributed by atoms with Crippen molar-refractivity contribution in [3.05, 3.63) is 113 Å². The van der Waals surface area contributed by atoms with Gasteiger partial charge in [-0.15, -0.1) is 0 Å². The van der Waals surface area contributed by atoms with Crippen molar-refractivity contribution >= 4 is 52.4 Å². The Hall–Kier alpha value is -7.03. The number of hydrogen-bond donors (Lipinski definition) is 4. The van der Waals surface area contributed by atoms with Crippen LogP contribution in [0.25, 0.3) is 0 Å². The maximum absolute atomic E-state index is 17.8. The van der Waals surface area contributed by atoms with Crippen molar-refractivity contribution in [2.24, 2.45) is 34.5 Å². The van der Waals surface area contributed by atoms with Gasteiger partial charge in [0, 0.05) is 78.8 Å². The van der Waals surface area contributed by atoms with E-state index in [2.05, 4.69) is 34.7 Å². The number of alkyl halides is 2. The number of anilines is 2. The molecule has 0 aromatic heterocycles. The van der Waals surface area contributed by atoms with Crippen molar-refractivity contribution in [2.45, 2.75) is 162 Å².